The summed E-state index contributed by atoms with van der Waals surface area (Å²) in [5.41, 5.74) is 0.856. The van der Waals surface area contributed by atoms with Gasteiger partial charge in [0.05, 0.1) is 0 Å². The van der Waals surface area contributed by atoms with E-state index in [1.807, 2.05) is 54.6 Å². The van der Waals surface area contributed by atoms with Gasteiger partial charge in [-0.15, -0.1) is 0 Å². The molecule has 3 heteroatoms. The molecule has 0 saturated carbocycles. The molecule has 0 aromatic heterocycles. The molecule has 0 unspecified atom stereocenters. The van der Waals surface area contributed by atoms with Crippen molar-refractivity contribution in [2.45, 2.75) is 4.90 Å². The van der Waals surface area contributed by atoms with Crippen LogP contribution in [0, 0.1) is 0 Å². The molecule has 2 aromatic carbocycles. The third-order valence-corrected chi connectivity index (χ3v) is 3.46. The zero-order valence-electron chi connectivity index (χ0n) is 8.94. The Morgan fingerprint density at radius 1 is 1.00 bits per heavy atom. The molecule has 0 radical (unpaired) electrons. The van der Waals surface area contributed by atoms with Crippen LogP contribution in [-0.4, -0.2) is 0 Å². The molecule has 0 amide bonds. The number of hydrogen-bond acceptors (Lipinski definition) is 1. The Morgan fingerprint density at radius 2 is 1.65 bits per heavy atom. The van der Waals surface area contributed by atoms with E-state index in [1.54, 1.807) is 0 Å². The SMILES string of the molecule is FC(=Cc1ccc(Br)cc1)Sc1ccccc1. The third-order valence-electron chi connectivity index (χ3n) is 2.11. The zero-order valence-corrected chi connectivity index (χ0v) is 11.3. The lowest BCUT2D eigenvalue weighted by molar-refractivity contribution is 0.706. The average molecular weight is 309 g/mol. The van der Waals surface area contributed by atoms with Crippen LogP contribution in [0.2, 0.25) is 0 Å². The van der Waals surface area contributed by atoms with Crippen molar-refractivity contribution in [1.82, 2.24) is 0 Å². The number of benzene rings is 2. The maximum atomic E-state index is 13.7. The summed E-state index contributed by atoms with van der Waals surface area (Å²) in [6.07, 6.45) is 1.53. The van der Waals surface area contributed by atoms with E-state index in [9.17, 15) is 4.39 Å². The van der Waals surface area contributed by atoms with Crippen LogP contribution in [0.1, 0.15) is 5.56 Å². The Kier molecular flexibility index (Phi) is 4.40. The van der Waals surface area contributed by atoms with Crippen molar-refractivity contribution in [1.29, 1.82) is 0 Å². The van der Waals surface area contributed by atoms with Crippen molar-refractivity contribution < 1.29 is 4.39 Å². The Labute approximate surface area is 113 Å². The first kappa shape index (κ1) is 12.4. The Bertz CT molecular complexity index is 506. The molecule has 0 aliphatic rings. The minimum atomic E-state index is -0.210. The first-order valence-corrected chi connectivity index (χ1v) is 6.71. The predicted octanol–water partition coefficient (Wildman–Crippen LogP) is 5.51. The van der Waals surface area contributed by atoms with E-state index in [1.165, 1.54) is 6.08 Å². The van der Waals surface area contributed by atoms with Crippen LogP contribution in [0.15, 0.2) is 69.1 Å². The number of rotatable bonds is 3. The van der Waals surface area contributed by atoms with Gasteiger partial charge in [0.15, 0.2) is 5.16 Å². The van der Waals surface area contributed by atoms with Crippen molar-refractivity contribution in [3.05, 3.63) is 69.8 Å². The predicted molar refractivity (Wildman–Crippen MR) is 75.5 cm³/mol. The van der Waals surface area contributed by atoms with E-state index < -0.39 is 0 Å². The van der Waals surface area contributed by atoms with E-state index in [0.717, 1.165) is 26.7 Å². The van der Waals surface area contributed by atoms with Gasteiger partial charge in [-0.1, -0.05) is 58.0 Å². The highest BCUT2D eigenvalue weighted by molar-refractivity contribution is 9.10. The van der Waals surface area contributed by atoms with Crippen LogP contribution in [0.4, 0.5) is 4.39 Å². The Morgan fingerprint density at radius 3 is 2.29 bits per heavy atom. The largest absolute Gasteiger partial charge is 0.199 e. The van der Waals surface area contributed by atoms with Gasteiger partial charge in [0, 0.05) is 9.37 Å². The molecule has 0 heterocycles. The van der Waals surface area contributed by atoms with E-state index >= 15 is 0 Å². The summed E-state index contributed by atoms with van der Waals surface area (Å²) in [6, 6.07) is 17.0. The normalized spacial score (nSPS) is 11.5. The van der Waals surface area contributed by atoms with Gasteiger partial charge in [-0.25, -0.2) is 0 Å². The van der Waals surface area contributed by atoms with Crippen molar-refractivity contribution in [2.24, 2.45) is 0 Å². The van der Waals surface area contributed by atoms with Crippen molar-refractivity contribution >= 4 is 33.8 Å². The second-order valence-corrected chi connectivity index (χ2v) is 5.40. The Balaban J connectivity index is 2.09. The molecule has 2 rings (SSSR count). The van der Waals surface area contributed by atoms with Crippen molar-refractivity contribution in [3.63, 3.8) is 0 Å². The van der Waals surface area contributed by atoms with E-state index in [-0.39, 0.29) is 5.16 Å². The van der Waals surface area contributed by atoms with Crippen LogP contribution in [0.3, 0.4) is 0 Å². The minimum absolute atomic E-state index is 0.210. The first-order valence-electron chi connectivity index (χ1n) is 5.10. The highest BCUT2D eigenvalue weighted by Gasteiger charge is 1.99. The molecular formula is C14H10BrFS. The molecule has 0 aliphatic heterocycles. The summed E-state index contributed by atoms with van der Waals surface area (Å²) in [7, 11) is 0. The molecule has 2 aromatic rings. The molecule has 0 N–H and O–H groups in total. The summed E-state index contributed by atoms with van der Waals surface area (Å²) in [5.74, 6) is 0. The van der Waals surface area contributed by atoms with Gasteiger partial charge in [-0.05, 0) is 35.9 Å². The molecule has 86 valence electrons. The molecule has 0 atom stereocenters. The monoisotopic (exact) mass is 308 g/mol. The van der Waals surface area contributed by atoms with Crippen LogP contribution in [-0.2, 0) is 0 Å². The van der Waals surface area contributed by atoms with Gasteiger partial charge >= 0.3 is 0 Å². The molecular weight excluding hydrogens is 299 g/mol. The molecule has 0 spiro atoms. The van der Waals surface area contributed by atoms with Gasteiger partial charge in [0.1, 0.15) is 0 Å². The fraction of sp³-hybridized carbons (Fsp3) is 0. The standard InChI is InChI=1S/C14H10BrFS/c15-12-8-6-11(7-9-12)10-14(16)17-13-4-2-1-3-5-13/h1-10H. The van der Waals surface area contributed by atoms with Gasteiger partial charge < -0.3 is 0 Å². The molecule has 0 aliphatic carbocycles. The quantitative estimate of drug-likeness (QED) is 0.674. The number of thioether (sulfide) groups is 1. The summed E-state index contributed by atoms with van der Waals surface area (Å²) in [5, 5.41) is -0.210. The summed E-state index contributed by atoms with van der Waals surface area (Å²) >= 11 is 4.47. The lowest BCUT2D eigenvalue weighted by Gasteiger charge is -1.98. The van der Waals surface area contributed by atoms with Crippen LogP contribution < -0.4 is 0 Å². The fourth-order valence-corrected chi connectivity index (χ4v) is 2.30. The molecule has 0 bridgehead atoms. The highest BCUT2D eigenvalue weighted by Crippen LogP contribution is 2.28. The van der Waals surface area contributed by atoms with Crippen molar-refractivity contribution in [2.75, 3.05) is 0 Å². The first-order chi connectivity index (χ1) is 8.24. The second kappa shape index (κ2) is 6.03. The van der Waals surface area contributed by atoms with Gasteiger partial charge in [-0.3, -0.25) is 0 Å². The zero-order chi connectivity index (χ0) is 12.1. The average Bonchev–Trinajstić information content (AvgIpc) is 2.33. The second-order valence-electron chi connectivity index (χ2n) is 3.42. The van der Waals surface area contributed by atoms with Crippen LogP contribution in [0.5, 0.6) is 0 Å². The summed E-state index contributed by atoms with van der Waals surface area (Å²) < 4.78 is 14.7. The third kappa shape index (κ3) is 4.02. The van der Waals surface area contributed by atoms with Crippen LogP contribution in [0.25, 0.3) is 6.08 Å². The minimum Gasteiger partial charge on any atom is -0.199 e. The topological polar surface area (TPSA) is 0 Å². The molecule has 0 nitrogen and oxygen atoms in total. The molecule has 0 saturated heterocycles. The number of halogens is 2. The smallest absolute Gasteiger partial charge is 0.161 e. The van der Waals surface area contributed by atoms with Crippen LogP contribution >= 0.6 is 27.7 Å². The van der Waals surface area contributed by atoms with Gasteiger partial charge in [-0.2, -0.15) is 4.39 Å². The van der Waals surface area contributed by atoms with Gasteiger partial charge in [0.25, 0.3) is 0 Å². The molecule has 17 heavy (non-hydrogen) atoms. The lowest BCUT2D eigenvalue weighted by Crippen LogP contribution is -1.73. The van der Waals surface area contributed by atoms with E-state index in [4.69, 9.17) is 0 Å². The lowest BCUT2D eigenvalue weighted by atomic mass is 10.2. The highest BCUT2D eigenvalue weighted by atomic mass is 79.9. The maximum Gasteiger partial charge on any atom is 0.161 e. The number of hydrogen-bond donors (Lipinski definition) is 0. The van der Waals surface area contributed by atoms with E-state index in [0.29, 0.717) is 0 Å². The maximum absolute atomic E-state index is 13.7. The van der Waals surface area contributed by atoms with E-state index in [2.05, 4.69) is 15.9 Å². The Hall–Kier alpha value is -1.06. The summed E-state index contributed by atoms with van der Waals surface area (Å²) in [4.78, 5) is 0.901. The van der Waals surface area contributed by atoms with Gasteiger partial charge in [0.2, 0.25) is 0 Å². The van der Waals surface area contributed by atoms with Crippen molar-refractivity contribution in [3.8, 4) is 0 Å². The summed E-state index contributed by atoms with van der Waals surface area (Å²) in [6.45, 7) is 0. The molecule has 0 fully saturated rings. The fourth-order valence-electron chi connectivity index (χ4n) is 1.32.